The van der Waals surface area contributed by atoms with Crippen LogP contribution in [0.4, 0.5) is 5.69 Å². The molecule has 1 N–H and O–H groups in total. The van der Waals surface area contributed by atoms with Crippen molar-refractivity contribution in [3.05, 3.63) is 59.3 Å². The van der Waals surface area contributed by atoms with Gasteiger partial charge in [-0.25, -0.2) is 0 Å². The number of methoxy groups -OCH3 is 3. The molecule has 0 saturated heterocycles. The molecule has 0 radical (unpaired) electrons. The molecule has 0 aliphatic carbocycles. The third-order valence-electron chi connectivity index (χ3n) is 3.30. The highest BCUT2D eigenvalue weighted by molar-refractivity contribution is 6.30. The average molecular weight is 348 g/mol. The second kappa shape index (κ2) is 8.26. The molecule has 0 fully saturated rings. The van der Waals surface area contributed by atoms with Gasteiger partial charge >= 0.3 is 0 Å². The SMILES string of the molecule is COc1ccc(Cl)cc1N/C=C\C(=O)c1ccc(OC)c(OC)c1. The molecule has 0 amide bonds. The summed E-state index contributed by atoms with van der Waals surface area (Å²) in [6.07, 6.45) is 2.95. The van der Waals surface area contributed by atoms with Gasteiger partial charge in [-0.3, -0.25) is 4.79 Å². The van der Waals surface area contributed by atoms with Gasteiger partial charge in [0.1, 0.15) is 5.75 Å². The van der Waals surface area contributed by atoms with Crippen LogP contribution in [0.1, 0.15) is 10.4 Å². The van der Waals surface area contributed by atoms with Gasteiger partial charge in [0.25, 0.3) is 0 Å². The molecule has 0 atom stereocenters. The second-order valence-electron chi connectivity index (χ2n) is 4.76. The van der Waals surface area contributed by atoms with E-state index in [1.165, 1.54) is 19.4 Å². The minimum Gasteiger partial charge on any atom is -0.495 e. The molecule has 5 nitrogen and oxygen atoms in total. The van der Waals surface area contributed by atoms with Crippen molar-refractivity contribution in [2.75, 3.05) is 26.6 Å². The van der Waals surface area contributed by atoms with Gasteiger partial charge in [-0.15, -0.1) is 0 Å². The van der Waals surface area contributed by atoms with Gasteiger partial charge in [0, 0.05) is 22.9 Å². The first-order valence-corrected chi connectivity index (χ1v) is 7.49. The maximum atomic E-state index is 12.2. The fourth-order valence-corrected chi connectivity index (χ4v) is 2.26. The summed E-state index contributed by atoms with van der Waals surface area (Å²) < 4.78 is 15.6. The van der Waals surface area contributed by atoms with Crippen molar-refractivity contribution in [3.8, 4) is 17.2 Å². The van der Waals surface area contributed by atoms with Gasteiger partial charge in [0.05, 0.1) is 27.0 Å². The van der Waals surface area contributed by atoms with E-state index in [4.69, 9.17) is 25.8 Å². The molecule has 6 heteroatoms. The van der Waals surface area contributed by atoms with E-state index < -0.39 is 0 Å². The van der Waals surface area contributed by atoms with E-state index in [-0.39, 0.29) is 5.78 Å². The molecular formula is C18H18ClNO4. The van der Waals surface area contributed by atoms with Gasteiger partial charge in [-0.05, 0) is 36.4 Å². The Balaban J connectivity index is 2.12. The summed E-state index contributed by atoms with van der Waals surface area (Å²) >= 11 is 5.96. The predicted molar refractivity (Wildman–Crippen MR) is 94.6 cm³/mol. The van der Waals surface area contributed by atoms with E-state index in [0.29, 0.717) is 33.5 Å². The third kappa shape index (κ3) is 4.20. The number of ether oxygens (including phenoxy) is 3. The van der Waals surface area contributed by atoms with Crippen LogP contribution in [0, 0.1) is 0 Å². The van der Waals surface area contributed by atoms with Crippen molar-refractivity contribution in [2.24, 2.45) is 0 Å². The summed E-state index contributed by atoms with van der Waals surface area (Å²) in [5.41, 5.74) is 1.16. The maximum absolute atomic E-state index is 12.2. The maximum Gasteiger partial charge on any atom is 0.187 e. The smallest absolute Gasteiger partial charge is 0.187 e. The lowest BCUT2D eigenvalue weighted by Gasteiger charge is -2.09. The Morgan fingerprint density at radius 1 is 0.958 bits per heavy atom. The molecule has 0 aliphatic rings. The van der Waals surface area contributed by atoms with Crippen molar-refractivity contribution in [1.82, 2.24) is 0 Å². The molecule has 0 bridgehead atoms. The van der Waals surface area contributed by atoms with Crippen LogP contribution in [0.15, 0.2) is 48.7 Å². The van der Waals surface area contributed by atoms with Crippen LogP contribution in [-0.2, 0) is 0 Å². The quantitative estimate of drug-likeness (QED) is 0.601. The number of rotatable bonds is 7. The van der Waals surface area contributed by atoms with Crippen LogP contribution in [0.2, 0.25) is 5.02 Å². The number of allylic oxidation sites excluding steroid dienone is 1. The Morgan fingerprint density at radius 3 is 2.29 bits per heavy atom. The molecule has 126 valence electrons. The van der Waals surface area contributed by atoms with Gasteiger partial charge in [0.2, 0.25) is 0 Å². The zero-order chi connectivity index (χ0) is 17.5. The minimum absolute atomic E-state index is 0.176. The predicted octanol–water partition coefficient (Wildman–Crippen LogP) is 4.17. The van der Waals surface area contributed by atoms with Gasteiger partial charge in [0.15, 0.2) is 17.3 Å². The summed E-state index contributed by atoms with van der Waals surface area (Å²) in [5.74, 6) is 1.52. The van der Waals surface area contributed by atoms with Crippen LogP contribution in [0.3, 0.4) is 0 Å². The van der Waals surface area contributed by atoms with Crippen LogP contribution < -0.4 is 19.5 Å². The largest absolute Gasteiger partial charge is 0.495 e. The molecule has 0 saturated carbocycles. The highest BCUT2D eigenvalue weighted by Crippen LogP contribution is 2.29. The first-order chi connectivity index (χ1) is 11.6. The lowest BCUT2D eigenvalue weighted by Crippen LogP contribution is -1.99. The van der Waals surface area contributed by atoms with Gasteiger partial charge in [-0.1, -0.05) is 11.6 Å². The fraction of sp³-hybridized carbons (Fsp3) is 0.167. The molecule has 24 heavy (non-hydrogen) atoms. The molecule has 0 unspecified atom stereocenters. The number of carbonyl (C=O) groups is 1. The van der Waals surface area contributed by atoms with E-state index in [9.17, 15) is 4.79 Å². The Bertz CT molecular complexity index is 759. The number of nitrogens with one attached hydrogen (secondary N) is 1. The number of anilines is 1. The van der Waals surface area contributed by atoms with E-state index in [2.05, 4.69) is 5.32 Å². The monoisotopic (exact) mass is 347 g/mol. The number of ketones is 1. The molecular weight excluding hydrogens is 330 g/mol. The summed E-state index contributed by atoms with van der Waals surface area (Å²) in [6.45, 7) is 0. The van der Waals surface area contributed by atoms with Crippen molar-refractivity contribution >= 4 is 23.1 Å². The highest BCUT2D eigenvalue weighted by Gasteiger charge is 2.08. The number of hydrogen-bond donors (Lipinski definition) is 1. The standard InChI is InChI=1S/C18H18ClNO4/c1-22-16-7-5-13(19)11-14(16)20-9-8-15(21)12-4-6-17(23-2)18(10-12)24-3/h4-11,20H,1-3H3/b9-8-. The van der Waals surface area contributed by atoms with Gasteiger partial charge in [-0.2, -0.15) is 0 Å². The van der Waals surface area contributed by atoms with Crippen LogP contribution in [0.5, 0.6) is 17.2 Å². The summed E-state index contributed by atoms with van der Waals surface area (Å²) in [6, 6.07) is 10.2. The summed E-state index contributed by atoms with van der Waals surface area (Å²) in [7, 11) is 4.63. The van der Waals surface area contributed by atoms with E-state index in [1.807, 2.05) is 0 Å². The molecule has 0 spiro atoms. The van der Waals surface area contributed by atoms with E-state index >= 15 is 0 Å². The van der Waals surface area contributed by atoms with Gasteiger partial charge < -0.3 is 19.5 Å². The normalized spacial score (nSPS) is 10.5. The molecule has 2 aromatic carbocycles. The Kier molecular flexibility index (Phi) is 6.09. The average Bonchev–Trinajstić information content (AvgIpc) is 2.61. The Morgan fingerprint density at radius 2 is 1.62 bits per heavy atom. The summed E-state index contributed by atoms with van der Waals surface area (Å²) in [5, 5.41) is 3.56. The first kappa shape index (κ1) is 17.7. The zero-order valence-electron chi connectivity index (χ0n) is 13.6. The fourth-order valence-electron chi connectivity index (χ4n) is 2.09. The molecule has 0 aliphatic heterocycles. The molecule has 0 aromatic heterocycles. The summed E-state index contributed by atoms with van der Waals surface area (Å²) in [4.78, 5) is 12.2. The van der Waals surface area contributed by atoms with Crippen molar-refractivity contribution < 1.29 is 19.0 Å². The second-order valence-corrected chi connectivity index (χ2v) is 5.19. The van der Waals surface area contributed by atoms with Crippen molar-refractivity contribution in [2.45, 2.75) is 0 Å². The highest BCUT2D eigenvalue weighted by atomic mass is 35.5. The number of halogens is 1. The number of hydrogen-bond acceptors (Lipinski definition) is 5. The van der Waals surface area contributed by atoms with E-state index in [0.717, 1.165) is 0 Å². The molecule has 2 rings (SSSR count). The topological polar surface area (TPSA) is 56.8 Å². The van der Waals surface area contributed by atoms with Crippen molar-refractivity contribution in [1.29, 1.82) is 0 Å². The zero-order valence-corrected chi connectivity index (χ0v) is 14.4. The lowest BCUT2D eigenvalue weighted by molar-refractivity contribution is 0.104. The number of carbonyl (C=O) groups excluding carboxylic acids is 1. The van der Waals surface area contributed by atoms with Crippen LogP contribution in [-0.4, -0.2) is 27.1 Å². The Labute approximate surface area is 145 Å². The third-order valence-corrected chi connectivity index (χ3v) is 3.54. The lowest BCUT2D eigenvalue weighted by atomic mass is 10.1. The van der Waals surface area contributed by atoms with Crippen molar-refractivity contribution in [3.63, 3.8) is 0 Å². The van der Waals surface area contributed by atoms with Crippen LogP contribution >= 0.6 is 11.6 Å². The Hall–Kier alpha value is -2.66. The minimum atomic E-state index is -0.176. The van der Waals surface area contributed by atoms with E-state index in [1.54, 1.807) is 50.6 Å². The van der Waals surface area contributed by atoms with Crippen LogP contribution in [0.25, 0.3) is 0 Å². The molecule has 0 heterocycles. The first-order valence-electron chi connectivity index (χ1n) is 7.12. The molecule has 2 aromatic rings. The number of benzene rings is 2.